The molecule has 1 saturated heterocycles. The van der Waals surface area contributed by atoms with Crippen LogP contribution in [0.25, 0.3) is 5.76 Å². The summed E-state index contributed by atoms with van der Waals surface area (Å²) in [7, 11) is 1.53. The Balaban J connectivity index is 1.34. The minimum Gasteiger partial charge on any atom is -0.507 e. The Hall–Kier alpha value is -4.84. The van der Waals surface area contributed by atoms with E-state index in [1.54, 1.807) is 42.5 Å². The topological polar surface area (TPSA) is 111 Å². The molecular formula is C39H36ClN3O6S2. The molecule has 51 heavy (non-hydrogen) atoms. The molecule has 0 spiro atoms. The molecule has 1 aliphatic heterocycles. The van der Waals surface area contributed by atoms with Crippen LogP contribution in [0, 0.1) is 6.92 Å². The fraction of sp³-hybridized carbons (Fsp3) is 0.231. The maximum absolute atomic E-state index is 13.8. The molecule has 12 heteroatoms. The minimum atomic E-state index is -1.03. The van der Waals surface area contributed by atoms with Crippen molar-refractivity contribution in [1.82, 2.24) is 10.2 Å². The fourth-order valence-electron chi connectivity index (χ4n) is 5.56. The molecule has 1 amide bonds. The number of Topliss-reactive ketones (excluding diaryl/α,β-unsaturated/α-hetero) is 1. The van der Waals surface area contributed by atoms with Crippen LogP contribution in [0.1, 0.15) is 53.6 Å². The number of methoxy groups -OCH3 is 1. The zero-order valence-corrected chi connectivity index (χ0v) is 30.7. The normalized spacial score (nSPS) is 15.3. The first-order valence-corrected chi connectivity index (χ1v) is 18.6. The Morgan fingerprint density at radius 2 is 1.69 bits per heavy atom. The summed E-state index contributed by atoms with van der Waals surface area (Å²) in [5.41, 5.74) is 3.89. The van der Waals surface area contributed by atoms with Crippen molar-refractivity contribution in [3.8, 4) is 17.2 Å². The van der Waals surface area contributed by atoms with Crippen LogP contribution < -0.4 is 19.1 Å². The zero-order chi connectivity index (χ0) is 35.9. The van der Waals surface area contributed by atoms with Crippen molar-refractivity contribution in [2.45, 2.75) is 49.4 Å². The molecule has 1 unspecified atom stereocenters. The summed E-state index contributed by atoms with van der Waals surface area (Å²) >= 11 is 8.95. The second-order valence-electron chi connectivity index (χ2n) is 11.8. The maximum atomic E-state index is 13.8. The number of amides is 1. The van der Waals surface area contributed by atoms with Crippen molar-refractivity contribution in [3.63, 3.8) is 0 Å². The number of thioether (sulfide) groups is 1. The standard InChI is InChI=1S/C39H36ClN3O6S2/c1-4-5-20-48-31-19-16-26(21-32(31)47-3)34-33(35(44)25-14-17-29(18-15-25)49-22-27-11-7-6-10-24(27)2)36(45)37(46)43(34)38-41-42-39(51-38)50-23-28-12-8-9-13-30(28)40/h6-19,21,34,44H,4-5,20,22-23H2,1-3H3. The molecule has 1 atom stereocenters. The van der Waals surface area contributed by atoms with Gasteiger partial charge in [-0.2, -0.15) is 0 Å². The van der Waals surface area contributed by atoms with Crippen LogP contribution in [0.3, 0.4) is 0 Å². The van der Waals surface area contributed by atoms with Gasteiger partial charge in [-0.25, -0.2) is 0 Å². The Labute approximate surface area is 309 Å². The number of aliphatic hydroxyl groups excluding tert-OH is 1. The summed E-state index contributed by atoms with van der Waals surface area (Å²) in [6.07, 6.45) is 1.84. The van der Waals surface area contributed by atoms with Crippen LogP contribution in [0.5, 0.6) is 17.2 Å². The van der Waals surface area contributed by atoms with Gasteiger partial charge in [-0.05, 0) is 78.1 Å². The van der Waals surface area contributed by atoms with E-state index in [4.69, 9.17) is 25.8 Å². The number of unbranched alkanes of at least 4 members (excludes halogenated alkanes) is 1. The molecule has 4 aromatic carbocycles. The number of rotatable bonds is 14. The Morgan fingerprint density at radius 1 is 0.941 bits per heavy atom. The molecule has 6 rings (SSSR count). The molecule has 0 radical (unpaired) electrons. The van der Waals surface area contributed by atoms with Crippen LogP contribution in [0.2, 0.25) is 5.02 Å². The molecule has 1 N–H and O–H groups in total. The van der Waals surface area contributed by atoms with Crippen molar-refractivity contribution in [2.75, 3.05) is 18.6 Å². The molecule has 262 valence electrons. The van der Waals surface area contributed by atoms with Gasteiger partial charge in [0.1, 0.15) is 18.1 Å². The number of aromatic nitrogens is 2. The predicted octanol–water partition coefficient (Wildman–Crippen LogP) is 9.19. The minimum absolute atomic E-state index is 0.0873. The number of anilines is 1. The molecule has 1 aliphatic rings. The van der Waals surface area contributed by atoms with Gasteiger partial charge in [0.05, 0.1) is 25.3 Å². The number of ketones is 1. The van der Waals surface area contributed by atoms with E-state index in [9.17, 15) is 14.7 Å². The van der Waals surface area contributed by atoms with E-state index >= 15 is 0 Å². The third-order valence-corrected chi connectivity index (χ3v) is 10.9. The van der Waals surface area contributed by atoms with Gasteiger partial charge in [-0.3, -0.25) is 14.5 Å². The van der Waals surface area contributed by atoms with E-state index < -0.39 is 17.7 Å². The number of hydrogen-bond donors (Lipinski definition) is 1. The van der Waals surface area contributed by atoms with Crippen LogP contribution >= 0.6 is 34.7 Å². The summed E-state index contributed by atoms with van der Waals surface area (Å²) in [5, 5.41) is 21.2. The highest BCUT2D eigenvalue weighted by Crippen LogP contribution is 2.46. The molecule has 0 saturated carbocycles. The van der Waals surface area contributed by atoms with Crippen LogP contribution in [-0.4, -0.2) is 40.7 Å². The molecule has 1 aromatic heterocycles. The average Bonchev–Trinajstić information content (AvgIpc) is 3.72. The van der Waals surface area contributed by atoms with Crippen LogP contribution in [-0.2, 0) is 21.9 Å². The maximum Gasteiger partial charge on any atom is 0.301 e. The summed E-state index contributed by atoms with van der Waals surface area (Å²) in [5.74, 6) is 0.0793. The van der Waals surface area contributed by atoms with E-state index in [2.05, 4.69) is 17.1 Å². The van der Waals surface area contributed by atoms with Gasteiger partial charge < -0.3 is 19.3 Å². The molecular weight excluding hydrogens is 706 g/mol. The van der Waals surface area contributed by atoms with E-state index in [0.717, 1.165) is 29.5 Å². The highest BCUT2D eigenvalue weighted by molar-refractivity contribution is 8.00. The summed E-state index contributed by atoms with van der Waals surface area (Å²) in [6.45, 7) is 4.99. The molecule has 9 nitrogen and oxygen atoms in total. The van der Waals surface area contributed by atoms with E-state index in [1.807, 2.05) is 55.5 Å². The molecule has 5 aromatic rings. The monoisotopic (exact) mass is 741 g/mol. The van der Waals surface area contributed by atoms with Gasteiger partial charge in [0.2, 0.25) is 5.13 Å². The number of benzene rings is 4. The van der Waals surface area contributed by atoms with Crippen LogP contribution in [0.4, 0.5) is 5.13 Å². The largest absolute Gasteiger partial charge is 0.507 e. The number of ether oxygens (including phenoxy) is 3. The summed E-state index contributed by atoms with van der Waals surface area (Å²) < 4.78 is 18.2. The summed E-state index contributed by atoms with van der Waals surface area (Å²) in [6, 6.07) is 26.4. The van der Waals surface area contributed by atoms with Gasteiger partial charge in [0.15, 0.2) is 15.8 Å². The Morgan fingerprint density at radius 3 is 2.41 bits per heavy atom. The highest BCUT2D eigenvalue weighted by Gasteiger charge is 2.48. The first-order valence-electron chi connectivity index (χ1n) is 16.4. The second kappa shape index (κ2) is 16.5. The number of carbonyl (C=O) groups is 2. The number of hydrogen-bond acceptors (Lipinski definition) is 10. The van der Waals surface area contributed by atoms with E-state index in [-0.39, 0.29) is 16.5 Å². The van der Waals surface area contributed by atoms with Crippen molar-refractivity contribution in [3.05, 3.63) is 129 Å². The molecule has 1 fully saturated rings. The molecule has 0 aliphatic carbocycles. The number of aryl methyl sites for hydroxylation is 1. The van der Waals surface area contributed by atoms with Gasteiger partial charge in [-0.1, -0.05) is 96.6 Å². The number of halogens is 1. The van der Waals surface area contributed by atoms with Crippen molar-refractivity contribution >= 4 is 57.3 Å². The van der Waals surface area contributed by atoms with Crippen LogP contribution in [0.15, 0.2) is 101 Å². The predicted molar refractivity (Wildman–Crippen MR) is 201 cm³/mol. The first kappa shape index (κ1) is 36.0. The number of aliphatic hydroxyl groups is 1. The van der Waals surface area contributed by atoms with Crippen molar-refractivity contribution < 1.29 is 28.9 Å². The van der Waals surface area contributed by atoms with Crippen molar-refractivity contribution in [2.24, 2.45) is 0 Å². The van der Waals surface area contributed by atoms with E-state index in [1.165, 1.54) is 35.1 Å². The van der Waals surface area contributed by atoms with Gasteiger partial charge >= 0.3 is 5.91 Å². The lowest BCUT2D eigenvalue weighted by molar-refractivity contribution is -0.132. The van der Waals surface area contributed by atoms with Gasteiger partial charge in [0.25, 0.3) is 5.78 Å². The summed E-state index contributed by atoms with van der Waals surface area (Å²) in [4.78, 5) is 29.0. The Kier molecular flexibility index (Phi) is 11.6. The lowest BCUT2D eigenvalue weighted by atomic mass is 9.95. The molecule has 2 heterocycles. The lowest BCUT2D eigenvalue weighted by Gasteiger charge is -2.23. The third kappa shape index (κ3) is 8.06. The lowest BCUT2D eigenvalue weighted by Crippen LogP contribution is -2.29. The smallest absolute Gasteiger partial charge is 0.301 e. The average molecular weight is 742 g/mol. The quantitative estimate of drug-likeness (QED) is 0.0297. The highest BCUT2D eigenvalue weighted by atomic mass is 35.5. The van der Waals surface area contributed by atoms with Gasteiger partial charge in [0, 0.05) is 16.3 Å². The van der Waals surface area contributed by atoms with Gasteiger partial charge in [-0.15, -0.1) is 10.2 Å². The number of carbonyl (C=O) groups excluding carboxylic acids is 2. The zero-order valence-electron chi connectivity index (χ0n) is 28.3. The SMILES string of the molecule is CCCCOc1ccc(C2C(=C(O)c3ccc(OCc4ccccc4C)cc3)C(=O)C(=O)N2c2nnc(SCc3ccccc3Cl)s2)cc1OC. The van der Waals surface area contributed by atoms with Crippen molar-refractivity contribution in [1.29, 1.82) is 0 Å². The fourth-order valence-corrected chi connectivity index (χ4v) is 7.71. The molecule has 0 bridgehead atoms. The second-order valence-corrected chi connectivity index (χ2v) is 14.3. The third-order valence-electron chi connectivity index (χ3n) is 8.40. The first-order chi connectivity index (χ1) is 24.8. The number of nitrogens with zero attached hydrogens (tertiary/aromatic N) is 3. The Bertz CT molecular complexity index is 2070. The van der Waals surface area contributed by atoms with E-state index in [0.29, 0.717) is 56.7 Å².